The zero-order valence-corrected chi connectivity index (χ0v) is 19.1. The van der Waals surface area contributed by atoms with Gasteiger partial charge in [-0.15, -0.1) is 0 Å². The summed E-state index contributed by atoms with van der Waals surface area (Å²) in [5, 5.41) is 0. The maximum Gasteiger partial charge on any atom is 0.335 e. The minimum atomic E-state index is -0.591. The number of hydrogen-bond acceptors (Lipinski definition) is 5. The van der Waals surface area contributed by atoms with Crippen LogP contribution in [0.3, 0.4) is 0 Å². The lowest BCUT2D eigenvalue weighted by Crippen LogP contribution is -2.28. The van der Waals surface area contributed by atoms with Crippen molar-refractivity contribution in [2.75, 3.05) is 19.8 Å². The van der Waals surface area contributed by atoms with E-state index < -0.39 is 6.10 Å². The topological polar surface area (TPSA) is 54.0 Å². The molecule has 0 fully saturated rings. The third-order valence-electron chi connectivity index (χ3n) is 4.76. The first kappa shape index (κ1) is 24.1. The smallest absolute Gasteiger partial charge is 0.335 e. The summed E-state index contributed by atoms with van der Waals surface area (Å²) in [5.41, 5.74) is 2.02. The van der Waals surface area contributed by atoms with E-state index in [0.717, 1.165) is 28.4 Å². The predicted molar refractivity (Wildman–Crippen MR) is 130 cm³/mol. The van der Waals surface area contributed by atoms with Crippen molar-refractivity contribution in [2.24, 2.45) is 0 Å². The second-order valence-electron chi connectivity index (χ2n) is 7.25. The first-order valence-corrected chi connectivity index (χ1v) is 11.2. The van der Waals surface area contributed by atoms with Crippen LogP contribution in [0.1, 0.15) is 25.0 Å². The molecule has 0 aliphatic heterocycles. The Balaban J connectivity index is 1.49. The van der Waals surface area contributed by atoms with Crippen LogP contribution in [0.15, 0.2) is 84.9 Å². The average molecular weight is 447 g/mol. The highest BCUT2D eigenvalue weighted by Crippen LogP contribution is 2.22. The van der Waals surface area contributed by atoms with Crippen molar-refractivity contribution in [3.8, 4) is 17.2 Å². The van der Waals surface area contributed by atoms with Crippen LogP contribution in [0, 0.1) is 0 Å². The summed E-state index contributed by atoms with van der Waals surface area (Å²) in [5.74, 6) is 2.02. The van der Waals surface area contributed by atoms with E-state index in [1.165, 1.54) is 0 Å². The van der Waals surface area contributed by atoms with Gasteiger partial charge < -0.3 is 18.9 Å². The van der Waals surface area contributed by atoms with Crippen LogP contribution in [-0.2, 0) is 20.7 Å². The van der Waals surface area contributed by atoms with Crippen LogP contribution in [0.4, 0.5) is 0 Å². The van der Waals surface area contributed by atoms with Crippen molar-refractivity contribution in [3.63, 3.8) is 0 Å². The lowest BCUT2D eigenvalue weighted by Gasteiger charge is -2.15. The van der Waals surface area contributed by atoms with Crippen molar-refractivity contribution in [1.29, 1.82) is 0 Å². The molecule has 172 valence electrons. The quantitative estimate of drug-likeness (QED) is 0.316. The van der Waals surface area contributed by atoms with E-state index in [9.17, 15) is 4.79 Å². The number of para-hydroxylation sites is 1. The van der Waals surface area contributed by atoms with Crippen molar-refractivity contribution >= 4 is 12.0 Å². The van der Waals surface area contributed by atoms with Crippen LogP contribution < -0.4 is 9.47 Å². The molecule has 5 nitrogen and oxygen atoms in total. The molecule has 0 aromatic heterocycles. The molecule has 0 heterocycles. The summed E-state index contributed by atoms with van der Waals surface area (Å²) in [6, 6.07) is 25.3. The Morgan fingerprint density at radius 1 is 0.848 bits per heavy atom. The van der Waals surface area contributed by atoms with Crippen LogP contribution >= 0.6 is 0 Å². The van der Waals surface area contributed by atoms with Crippen molar-refractivity contribution in [1.82, 2.24) is 0 Å². The number of hydrogen-bond donors (Lipinski definition) is 0. The highest BCUT2D eigenvalue weighted by atomic mass is 16.6. The molecule has 0 saturated carbocycles. The van der Waals surface area contributed by atoms with Gasteiger partial charge in [-0.3, -0.25) is 0 Å². The van der Waals surface area contributed by atoms with Gasteiger partial charge in [0.2, 0.25) is 0 Å². The van der Waals surface area contributed by atoms with E-state index in [1.54, 1.807) is 6.92 Å². The first-order valence-electron chi connectivity index (χ1n) is 11.2. The lowest BCUT2D eigenvalue weighted by molar-refractivity contribution is -0.156. The van der Waals surface area contributed by atoms with Gasteiger partial charge in [0.15, 0.2) is 6.10 Å². The SMILES string of the molecule is CCOC(=O)C(Cc1ccc(OC/C=C/c2cccc(Oc3ccccc3)c2)cc1)OCC. The molecule has 33 heavy (non-hydrogen) atoms. The van der Waals surface area contributed by atoms with E-state index in [1.807, 2.05) is 97.9 Å². The summed E-state index contributed by atoms with van der Waals surface area (Å²) in [6.45, 7) is 4.89. The van der Waals surface area contributed by atoms with Gasteiger partial charge in [0.25, 0.3) is 0 Å². The molecule has 3 aromatic carbocycles. The minimum absolute atomic E-state index is 0.331. The van der Waals surface area contributed by atoms with Gasteiger partial charge in [0.1, 0.15) is 23.9 Å². The molecule has 0 aliphatic carbocycles. The Labute approximate surface area is 195 Å². The molecule has 0 radical (unpaired) electrons. The van der Waals surface area contributed by atoms with E-state index in [4.69, 9.17) is 18.9 Å². The number of carbonyl (C=O) groups is 1. The molecule has 0 saturated heterocycles. The number of carbonyl (C=O) groups excluding carboxylic acids is 1. The second kappa shape index (κ2) is 13.1. The fraction of sp³-hybridized carbons (Fsp3) is 0.250. The minimum Gasteiger partial charge on any atom is -0.490 e. The number of ether oxygens (including phenoxy) is 4. The third kappa shape index (κ3) is 8.13. The molecule has 0 amide bonds. The monoisotopic (exact) mass is 446 g/mol. The van der Waals surface area contributed by atoms with E-state index in [0.29, 0.717) is 26.2 Å². The molecular formula is C28H30O5. The van der Waals surface area contributed by atoms with Crippen molar-refractivity contribution in [2.45, 2.75) is 26.4 Å². The first-order chi connectivity index (χ1) is 16.2. The summed E-state index contributed by atoms with van der Waals surface area (Å²) in [7, 11) is 0. The molecule has 0 spiro atoms. The van der Waals surface area contributed by atoms with Gasteiger partial charge in [0.05, 0.1) is 6.61 Å². The molecule has 5 heteroatoms. The lowest BCUT2D eigenvalue weighted by atomic mass is 10.1. The average Bonchev–Trinajstić information content (AvgIpc) is 2.83. The summed E-state index contributed by atoms with van der Waals surface area (Å²) >= 11 is 0. The predicted octanol–water partition coefficient (Wildman–Crippen LogP) is 6.08. The molecule has 3 rings (SSSR count). The highest BCUT2D eigenvalue weighted by Gasteiger charge is 2.20. The Bertz CT molecular complexity index is 1010. The number of benzene rings is 3. The Morgan fingerprint density at radius 3 is 2.33 bits per heavy atom. The van der Waals surface area contributed by atoms with E-state index in [2.05, 4.69) is 0 Å². The number of esters is 1. The molecule has 1 unspecified atom stereocenters. The number of rotatable bonds is 12. The van der Waals surface area contributed by atoms with Crippen LogP contribution in [-0.4, -0.2) is 31.9 Å². The van der Waals surface area contributed by atoms with E-state index >= 15 is 0 Å². The summed E-state index contributed by atoms with van der Waals surface area (Å²) in [4.78, 5) is 12.0. The third-order valence-corrected chi connectivity index (χ3v) is 4.76. The maximum absolute atomic E-state index is 12.0. The van der Waals surface area contributed by atoms with Crippen LogP contribution in [0.5, 0.6) is 17.2 Å². The van der Waals surface area contributed by atoms with Gasteiger partial charge >= 0.3 is 5.97 Å². The molecule has 0 aliphatic rings. The maximum atomic E-state index is 12.0. The van der Waals surface area contributed by atoms with Crippen LogP contribution in [0.25, 0.3) is 6.08 Å². The van der Waals surface area contributed by atoms with Gasteiger partial charge in [-0.05, 0) is 67.4 Å². The zero-order chi connectivity index (χ0) is 23.3. The Kier molecular flexibility index (Phi) is 9.55. The molecule has 3 aromatic rings. The standard InChI is InChI=1S/C28H30O5/c1-3-30-27(28(29)31-4-2)21-23-15-17-24(18-16-23)32-19-9-11-22-10-8-14-26(20-22)33-25-12-6-5-7-13-25/h5-18,20,27H,3-4,19,21H2,1-2H3/b11-9+. The summed E-state index contributed by atoms with van der Waals surface area (Å²) < 4.78 is 22.3. The second-order valence-corrected chi connectivity index (χ2v) is 7.25. The van der Waals surface area contributed by atoms with Crippen molar-refractivity contribution < 1.29 is 23.7 Å². The highest BCUT2D eigenvalue weighted by molar-refractivity contribution is 5.75. The molecule has 1 atom stereocenters. The van der Waals surface area contributed by atoms with Gasteiger partial charge in [-0.2, -0.15) is 0 Å². The van der Waals surface area contributed by atoms with E-state index in [-0.39, 0.29) is 5.97 Å². The normalized spacial score (nSPS) is 11.8. The van der Waals surface area contributed by atoms with Crippen LogP contribution in [0.2, 0.25) is 0 Å². The zero-order valence-electron chi connectivity index (χ0n) is 19.1. The van der Waals surface area contributed by atoms with Gasteiger partial charge in [-0.25, -0.2) is 4.79 Å². The van der Waals surface area contributed by atoms with Crippen molar-refractivity contribution in [3.05, 3.63) is 96.1 Å². The molecule has 0 N–H and O–H groups in total. The van der Waals surface area contributed by atoms with Gasteiger partial charge in [-0.1, -0.05) is 48.5 Å². The van der Waals surface area contributed by atoms with Gasteiger partial charge in [0, 0.05) is 13.0 Å². The molecule has 0 bridgehead atoms. The summed E-state index contributed by atoms with van der Waals surface area (Å²) in [6.07, 6.45) is 3.83. The largest absolute Gasteiger partial charge is 0.490 e. The fourth-order valence-electron chi connectivity index (χ4n) is 3.22. The molecular weight excluding hydrogens is 416 g/mol. The Hall–Kier alpha value is -3.57. The fourth-order valence-corrected chi connectivity index (χ4v) is 3.22. The Morgan fingerprint density at radius 2 is 1.61 bits per heavy atom.